The number of hydrogen-bond acceptors (Lipinski definition) is 8. The summed E-state index contributed by atoms with van der Waals surface area (Å²) in [6.07, 6.45) is 5.81. The molecule has 2 amide bonds. The van der Waals surface area contributed by atoms with Crippen LogP contribution in [0.3, 0.4) is 0 Å². The molecule has 0 atom stereocenters. The average molecular weight is 403 g/mol. The van der Waals surface area contributed by atoms with Crippen molar-refractivity contribution in [1.29, 1.82) is 0 Å². The van der Waals surface area contributed by atoms with Crippen molar-refractivity contribution < 1.29 is 9.59 Å². The molecule has 0 saturated carbocycles. The lowest BCUT2D eigenvalue weighted by molar-refractivity contribution is -0.115. The average Bonchev–Trinajstić information content (AvgIpc) is 3.05. The molecule has 9 heteroatoms. The number of thioether (sulfide) groups is 1. The van der Waals surface area contributed by atoms with Gasteiger partial charge in [-0.2, -0.15) is 0 Å². The second-order valence-electron chi connectivity index (χ2n) is 7.31. The molecule has 1 N–H and O–H groups in total. The number of anilines is 1. The topological polar surface area (TPSA) is 81.7 Å². The number of piperazine rings is 1. The first kappa shape index (κ1) is 19.4. The second kappa shape index (κ2) is 8.59. The van der Waals surface area contributed by atoms with Crippen LogP contribution >= 0.6 is 11.8 Å². The van der Waals surface area contributed by atoms with Gasteiger partial charge in [-0.25, -0.2) is 9.97 Å². The van der Waals surface area contributed by atoms with Crippen molar-refractivity contribution in [3.8, 4) is 0 Å². The van der Waals surface area contributed by atoms with E-state index in [1.165, 1.54) is 25.9 Å². The lowest BCUT2D eigenvalue weighted by Crippen LogP contribution is -2.53. The number of carbonyl (C=O) groups excluding carboxylic acids is 2. The second-order valence-corrected chi connectivity index (χ2v) is 8.33. The number of likely N-dealkylation sites (tertiary alicyclic amines) is 1. The van der Waals surface area contributed by atoms with Gasteiger partial charge in [0, 0.05) is 44.5 Å². The van der Waals surface area contributed by atoms with Crippen molar-refractivity contribution in [1.82, 2.24) is 25.1 Å². The summed E-state index contributed by atoms with van der Waals surface area (Å²) in [4.78, 5) is 39.6. The van der Waals surface area contributed by atoms with Crippen molar-refractivity contribution in [2.75, 3.05) is 50.7 Å². The van der Waals surface area contributed by atoms with Crippen LogP contribution in [0.5, 0.6) is 0 Å². The molecular formula is C19H26N6O2S. The van der Waals surface area contributed by atoms with E-state index < -0.39 is 0 Å². The van der Waals surface area contributed by atoms with Crippen molar-refractivity contribution in [2.45, 2.75) is 25.8 Å². The third-order valence-corrected chi connectivity index (χ3v) is 6.53. The number of carbonyl (C=O) groups is 2. The summed E-state index contributed by atoms with van der Waals surface area (Å²) < 4.78 is 0. The molecule has 8 nitrogen and oxygen atoms in total. The summed E-state index contributed by atoms with van der Waals surface area (Å²) in [6, 6.07) is 2.61. The number of imide groups is 1. The molecule has 3 saturated heterocycles. The molecule has 0 aromatic carbocycles. The molecule has 1 aromatic heterocycles. The number of piperidine rings is 1. The Balaban J connectivity index is 1.36. The fraction of sp³-hybridized carbons (Fsp3) is 0.579. The molecule has 3 aliphatic rings. The van der Waals surface area contributed by atoms with Gasteiger partial charge in [-0.05, 0) is 50.3 Å². The van der Waals surface area contributed by atoms with Gasteiger partial charge in [-0.15, -0.1) is 0 Å². The molecule has 0 unspecified atom stereocenters. The van der Waals surface area contributed by atoms with Crippen LogP contribution in [0.1, 0.15) is 25.6 Å². The molecule has 0 aliphatic carbocycles. The van der Waals surface area contributed by atoms with Crippen molar-refractivity contribution in [3.63, 3.8) is 0 Å². The SMILES string of the molecule is CCN1CCC(N2CCN(c3ccnc(C=C4SC(=O)NC4=O)n3)CC2)CC1. The molecule has 4 rings (SSSR count). The number of aromatic nitrogens is 2. The Kier molecular flexibility index (Phi) is 5.93. The molecule has 3 aliphatic heterocycles. The summed E-state index contributed by atoms with van der Waals surface area (Å²) in [5.74, 6) is 0.947. The van der Waals surface area contributed by atoms with Gasteiger partial charge in [0.2, 0.25) is 0 Å². The highest BCUT2D eigenvalue weighted by atomic mass is 32.2. The number of amides is 2. The Bertz CT molecular complexity index is 769. The molecule has 4 heterocycles. The van der Waals surface area contributed by atoms with Gasteiger partial charge in [0.25, 0.3) is 11.1 Å². The van der Waals surface area contributed by atoms with E-state index in [0.717, 1.165) is 50.3 Å². The number of hydrogen-bond donors (Lipinski definition) is 1. The lowest BCUT2D eigenvalue weighted by Gasteiger charge is -2.43. The van der Waals surface area contributed by atoms with Gasteiger partial charge >= 0.3 is 0 Å². The summed E-state index contributed by atoms with van der Waals surface area (Å²) in [5.41, 5.74) is 0. The summed E-state index contributed by atoms with van der Waals surface area (Å²) in [5, 5.41) is 1.90. The van der Waals surface area contributed by atoms with Gasteiger partial charge in [0.15, 0.2) is 5.82 Å². The highest BCUT2D eigenvalue weighted by Gasteiger charge is 2.28. The number of nitrogens with one attached hydrogen (secondary N) is 1. The van der Waals surface area contributed by atoms with E-state index in [9.17, 15) is 9.59 Å². The molecule has 1 aromatic rings. The van der Waals surface area contributed by atoms with E-state index in [1.807, 2.05) is 6.07 Å². The summed E-state index contributed by atoms with van der Waals surface area (Å²) in [6.45, 7) is 9.78. The Morgan fingerprint density at radius 1 is 1.18 bits per heavy atom. The third kappa shape index (κ3) is 4.37. The van der Waals surface area contributed by atoms with Gasteiger partial charge in [-0.3, -0.25) is 19.8 Å². The standard InChI is InChI=1S/C19H26N6O2S/c1-2-23-7-4-14(5-8-23)24-9-11-25(12-10-24)17-3-6-20-16(21-17)13-15-18(26)22-19(27)28-15/h3,6,13-14H,2,4-5,7-12H2,1H3,(H,22,26,27). The maximum atomic E-state index is 11.7. The molecule has 150 valence electrons. The van der Waals surface area contributed by atoms with Crippen LogP contribution in [0, 0.1) is 0 Å². The first-order valence-electron chi connectivity index (χ1n) is 9.91. The van der Waals surface area contributed by atoms with E-state index >= 15 is 0 Å². The quantitative estimate of drug-likeness (QED) is 0.757. The lowest BCUT2D eigenvalue weighted by atomic mass is 10.0. The van der Waals surface area contributed by atoms with Crippen LogP contribution in [0.15, 0.2) is 17.2 Å². The zero-order chi connectivity index (χ0) is 19.5. The normalized spacial score (nSPS) is 24.2. The summed E-state index contributed by atoms with van der Waals surface area (Å²) in [7, 11) is 0. The maximum absolute atomic E-state index is 11.7. The molecule has 3 fully saturated rings. The minimum Gasteiger partial charge on any atom is -0.354 e. The van der Waals surface area contributed by atoms with Crippen molar-refractivity contribution in [2.24, 2.45) is 0 Å². The van der Waals surface area contributed by atoms with Crippen molar-refractivity contribution >= 4 is 34.8 Å². The molecule has 0 radical (unpaired) electrons. The van der Waals surface area contributed by atoms with Crippen molar-refractivity contribution in [3.05, 3.63) is 23.0 Å². The fourth-order valence-electron chi connectivity index (χ4n) is 4.06. The fourth-order valence-corrected chi connectivity index (χ4v) is 4.72. The first-order chi connectivity index (χ1) is 13.6. The summed E-state index contributed by atoms with van der Waals surface area (Å²) >= 11 is 0.886. The highest BCUT2D eigenvalue weighted by Crippen LogP contribution is 2.25. The number of rotatable bonds is 4. The molecule has 0 bridgehead atoms. The number of nitrogens with zero attached hydrogens (tertiary/aromatic N) is 5. The van der Waals surface area contributed by atoms with E-state index in [4.69, 9.17) is 0 Å². The third-order valence-electron chi connectivity index (χ3n) is 5.72. The van der Waals surface area contributed by atoms with E-state index in [0.29, 0.717) is 16.8 Å². The van der Waals surface area contributed by atoms with Gasteiger partial charge < -0.3 is 9.80 Å². The Morgan fingerprint density at radius 2 is 1.93 bits per heavy atom. The van der Waals surface area contributed by atoms with Crippen LogP contribution in [-0.2, 0) is 4.79 Å². The van der Waals surface area contributed by atoms with Gasteiger partial charge in [-0.1, -0.05) is 6.92 Å². The van der Waals surface area contributed by atoms with Gasteiger partial charge in [0.05, 0.1) is 4.91 Å². The zero-order valence-corrected chi connectivity index (χ0v) is 17.0. The first-order valence-corrected chi connectivity index (χ1v) is 10.7. The monoisotopic (exact) mass is 402 g/mol. The molecular weight excluding hydrogens is 376 g/mol. The minimum atomic E-state index is -0.383. The Morgan fingerprint density at radius 3 is 2.57 bits per heavy atom. The molecule has 28 heavy (non-hydrogen) atoms. The van der Waals surface area contributed by atoms with E-state index in [-0.39, 0.29) is 11.1 Å². The van der Waals surface area contributed by atoms with E-state index in [1.54, 1.807) is 12.3 Å². The van der Waals surface area contributed by atoms with Crippen LogP contribution in [-0.4, -0.2) is 82.8 Å². The highest BCUT2D eigenvalue weighted by molar-refractivity contribution is 8.18. The predicted octanol–water partition coefficient (Wildman–Crippen LogP) is 1.41. The van der Waals surface area contributed by atoms with Crippen LogP contribution in [0.4, 0.5) is 10.6 Å². The Hall–Kier alpha value is -1.97. The molecule has 0 spiro atoms. The smallest absolute Gasteiger partial charge is 0.290 e. The predicted molar refractivity (Wildman–Crippen MR) is 110 cm³/mol. The Labute approximate surface area is 169 Å². The minimum absolute atomic E-state index is 0.338. The van der Waals surface area contributed by atoms with Crippen LogP contribution < -0.4 is 10.2 Å². The van der Waals surface area contributed by atoms with Gasteiger partial charge in [0.1, 0.15) is 5.82 Å². The largest absolute Gasteiger partial charge is 0.354 e. The zero-order valence-electron chi connectivity index (χ0n) is 16.1. The van der Waals surface area contributed by atoms with Crippen LogP contribution in [0.2, 0.25) is 0 Å². The van der Waals surface area contributed by atoms with Crippen LogP contribution in [0.25, 0.3) is 6.08 Å². The van der Waals surface area contributed by atoms with E-state index in [2.05, 4.69) is 36.9 Å². The maximum Gasteiger partial charge on any atom is 0.290 e.